The number of piperidine rings is 1. The summed E-state index contributed by atoms with van der Waals surface area (Å²) < 4.78 is 5.23. The number of nitrogens with one attached hydrogen (secondary N) is 1. The molecule has 2 rings (SSSR count). The first-order chi connectivity index (χ1) is 7.63. The van der Waals surface area contributed by atoms with E-state index >= 15 is 0 Å². The van der Waals surface area contributed by atoms with Crippen molar-refractivity contribution in [2.45, 2.75) is 38.0 Å². The molecule has 0 radical (unpaired) electrons. The number of aliphatic hydroxyl groups excluding tert-OH is 1. The van der Waals surface area contributed by atoms with Crippen molar-refractivity contribution in [1.82, 2.24) is 15.5 Å². The maximum Gasteiger partial charge on any atom is 0.234 e. The van der Waals surface area contributed by atoms with E-state index in [1.807, 2.05) is 13.8 Å². The third-order valence-electron chi connectivity index (χ3n) is 3.12. The van der Waals surface area contributed by atoms with E-state index in [1.165, 1.54) is 0 Å². The van der Waals surface area contributed by atoms with E-state index < -0.39 is 5.41 Å². The third-order valence-corrected chi connectivity index (χ3v) is 3.12. The second kappa shape index (κ2) is 4.51. The lowest BCUT2D eigenvalue weighted by Gasteiger charge is -2.19. The van der Waals surface area contributed by atoms with Gasteiger partial charge in [0.15, 0.2) is 5.82 Å². The third kappa shape index (κ3) is 2.25. The Hall–Kier alpha value is -0.940. The van der Waals surface area contributed by atoms with Gasteiger partial charge in [0, 0.05) is 5.92 Å². The summed E-state index contributed by atoms with van der Waals surface area (Å²) in [4.78, 5) is 4.41. The van der Waals surface area contributed by atoms with Crippen molar-refractivity contribution in [3.63, 3.8) is 0 Å². The molecular weight excluding hydrogens is 206 g/mol. The molecule has 5 nitrogen and oxygen atoms in total. The lowest BCUT2D eigenvalue weighted by Crippen LogP contribution is -2.27. The quantitative estimate of drug-likeness (QED) is 0.796. The van der Waals surface area contributed by atoms with Gasteiger partial charge in [0.1, 0.15) is 0 Å². The van der Waals surface area contributed by atoms with Crippen LogP contribution in [0, 0.1) is 0 Å². The van der Waals surface area contributed by atoms with E-state index in [0.29, 0.717) is 11.8 Å². The molecule has 5 heteroatoms. The zero-order valence-corrected chi connectivity index (χ0v) is 9.86. The van der Waals surface area contributed by atoms with Crippen LogP contribution in [0.3, 0.4) is 0 Å². The highest BCUT2D eigenvalue weighted by Gasteiger charge is 2.29. The van der Waals surface area contributed by atoms with Crippen molar-refractivity contribution >= 4 is 0 Å². The van der Waals surface area contributed by atoms with Crippen molar-refractivity contribution in [2.75, 3.05) is 19.7 Å². The molecule has 0 aromatic carbocycles. The maximum absolute atomic E-state index is 9.23. The molecule has 0 atom stereocenters. The van der Waals surface area contributed by atoms with E-state index in [0.717, 1.165) is 31.8 Å². The van der Waals surface area contributed by atoms with Crippen LogP contribution in [-0.2, 0) is 5.41 Å². The molecule has 90 valence electrons. The van der Waals surface area contributed by atoms with Crippen LogP contribution in [0.15, 0.2) is 4.52 Å². The fourth-order valence-corrected chi connectivity index (χ4v) is 1.82. The van der Waals surface area contributed by atoms with Crippen molar-refractivity contribution in [1.29, 1.82) is 0 Å². The largest absolute Gasteiger partial charge is 0.395 e. The smallest absolute Gasteiger partial charge is 0.234 e. The Morgan fingerprint density at radius 2 is 2.12 bits per heavy atom. The van der Waals surface area contributed by atoms with Gasteiger partial charge in [-0.2, -0.15) is 4.98 Å². The number of nitrogens with zero attached hydrogens (tertiary/aromatic N) is 2. The zero-order valence-electron chi connectivity index (χ0n) is 9.86. The summed E-state index contributed by atoms with van der Waals surface area (Å²) in [5, 5.41) is 16.6. The molecule has 1 fully saturated rings. The first-order valence-electron chi connectivity index (χ1n) is 5.79. The van der Waals surface area contributed by atoms with Gasteiger partial charge in [0.2, 0.25) is 5.89 Å². The first-order valence-corrected chi connectivity index (χ1v) is 5.79. The predicted octanol–water partition coefficient (Wildman–Crippen LogP) is 0.806. The van der Waals surface area contributed by atoms with Crippen LogP contribution in [0.1, 0.15) is 44.3 Å². The van der Waals surface area contributed by atoms with Gasteiger partial charge in [-0.1, -0.05) is 5.16 Å². The molecule has 2 N–H and O–H groups in total. The summed E-state index contributed by atoms with van der Waals surface area (Å²) in [6, 6.07) is 0. The second-order valence-electron chi connectivity index (χ2n) is 5.02. The van der Waals surface area contributed by atoms with E-state index in [9.17, 15) is 5.11 Å². The van der Waals surface area contributed by atoms with Gasteiger partial charge in [0.05, 0.1) is 12.0 Å². The number of aliphatic hydroxyl groups is 1. The van der Waals surface area contributed by atoms with E-state index in [2.05, 4.69) is 15.5 Å². The van der Waals surface area contributed by atoms with Gasteiger partial charge < -0.3 is 14.9 Å². The fraction of sp³-hybridized carbons (Fsp3) is 0.818. The summed E-state index contributed by atoms with van der Waals surface area (Å²) in [5.74, 6) is 1.72. The van der Waals surface area contributed by atoms with E-state index in [1.54, 1.807) is 0 Å². The molecule has 0 unspecified atom stereocenters. The Bertz CT molecular complexity index is 343. The summed E-state index contributed by atoms with van der Waals surface area (Å²) >= 11 is 0. The van der Waals surface area contributed by atoms with Gasteiger partial charge >= 0.3 is 0 Å². The summed E-state index contributed by atoms with van der Waals surface area (Å²) in [6.07, 6.45) is 2.11. The predicted molar refractivity (Wildman–Crippen MR) is 59.3 cm³/mol. The molecule has 1 aliphatic rings. The van der Waals surface area contributed by atoms with Gasteiger partial charge in [-0.25, -0.2) is 0 Å². The minimum absolute atomic E-state index is 0.0147. The van der Waals surface area contributed by atoms with Gasteiger partial charge in [0.25, 0.3) is 0 Å². The molecule has 0 bridgehead atoms. The fourth-order valence-electron chi connectivity index (χ4n) is 1.82. The SMILES string of the molecule is CC(C)(CO)c1nc(C2CCNCC2)no1. The molecule has 16 heavy (non-hydrogen) atoms. The number of hydrogen-bond acceptors (Lipinski definition) is 5. The highest BCUT2D eigenvalue weighted by Crippen LogP contribution is 2.26. The molecule has 0 spiro atoms. The Labute approximate surface area is 95.2 Å². The number of aromatic nitrogens is 2. The second-order valence-corrected chi connectivity index (χ2v) is 5.02. The standard InChI is InChI=1S/C11H19N3O2/c1-11(2,7-15)10-13-9(14-16-10)8-3-5-12-6-4-8/h8,12,15H,3-7H2,1-2H3. The Morgan fingerprint density at radius 1 is 1.44 bits per heavy atom. The summed E-state index contributed by atoms with van der Waals surface area (Å²) in [5.41, 5.74) is -0.446. The van der Waals surface area contributed by atoms with Crippen molar-refractivity contribution in [3.05, 3.63) is 11.7 Å². The van der Waals surface area contributed by atoms with Crippen LogP contribution >= 0.6 is 0 Å². The number of rotatable bonds is 3. The van der Waals surface area contributed by atoms with Crippen LogP contribution in [0.4, 0.5) is 0 Å². The molecule has 0 saturated carbocycles. The minimum atomic E-state index is -0.446. The van der Waals surface area contributed by atoms with Crippen LogP contribution < -0.4 is 5.32 Å². The maximum atomic E-state index is 9.23. The molecule has 0 amide bonds. The molecular formula is C11H19N3O2. The lowest BCUT2D eigenvalue weighted by atomic mass is 9.94. The molecule has 1 aromatic heterocycles. The topological polar surface area (TPSA) is 71.2 Å². The molecule has 2 heterocycles. The van der Waals surface area contributed by atoms with Crippen molar-refractivity contribution < 1.29 is 9.63 Å². The first kappa shape index (κ1) is 11.5. The summed E-state index contributed by atoms with van der Waals surface area (Å²) in [7, 11) is 0. The average Bonchev–Trinajstić information content (AvgIpc) is 2.80. The van der Waals surface area contributed by atoms with Crippen molar-refractivity contribution in [2.24, 2.45) is 0 Å². The van der Waals surface area contributed by atoms with Gasteiger partial charge in [-0.05, 0) is 39.8 Å². The van der Waals surface area contributed by atoms with Crippen LogP contribution in [-0.4, -0.2) is 34.9 Å². The van der Waals surface area contributed by atoms with Crippen LogP contribution in [0.25, 0.3) is 0 Å². The Kier molecular flexibility index (Phi) is 3.25. The summed E-state index contributed by atoms with van der Waals surface area (Å²) in [6.45, 7) is 5.83. The van der Waals surface area contributed by atoms with E-state index in [4.69, 9.17) is 4.52 Å². The van der Waals surface area contributed by atoms with Crippen LogP contribution in [0.2, 0.25) is 0 Å². The Morgan fingerprint density at radius 3 is 2.75 bits per heavy atom. The molecule has 1 aliphatic heterocycles. The van der Waals surface area contributed by atoms with Crippen molar-refractivity contribution in [3.8, 4) is 0 Å². The zero-order chi connectivity index (χ0) is 11.6. The van der Waals surface area contributed by atoms with Crippen LogP contribution in [0.5, 0.6) is 0 Å². The average molecular weight is 225 g/mol. The molecule has 1 saturated heterocycles. The van der Waals surface area contributed by atoms with Gasteiger partial charge in [-0.15, -0.1) is 0 Å². The van der Waals surface area contributed by atoms with E-state index in [-0.39, 0.29) is 6.61 Å². The Balaban J connectivity index is 2.12. The lowest BCUT2D eigenvalue weighted by molar-refractivity contribution is 0.182. The normalized spacial score (nSPS) is 18.9. The molecule has 1 aromatic rings. The minimum Gasteiger partial charge on any atom is -0.395 e. The number of hydrogen-bond donors (Lipinski definition) is 2. The van der Waals surface area contributed by atoms with Gasteiger partial charge in [-0.3, -0.25) is 0 Å². The molecule has 0 aliphatic carbocycles. The highest BCUT2D eigenvalue weighted by molar-refractivity contribution is 5.04. The monoisotopic (exact) mass is 225 g/mol. The highest BCUT2D eigenvalue weighted by atomic mass is 16.5.